The Morgan fingerprint density at radius 2 is 2.26 bits per heavy atom. The monoisotopic (exact) mass is 272 g/mol. The SMILES string of the molecule is COC(=O)c1cc(-c2cncs2)cc2ccn(C)c12. The summed E-state index contributed by atoms with van der Waals surface area (Å²) in [7, 11) is 3.32. The summed E-state index contributed by atoms with van der Waals surface area (Å²) in [6.45, 7) is 0. The van der Waals surface area contributed by atoms with Crippen LogP contribution in [0.5, 0.6) is 0 Å². The van der Waals surface area contributed by atoms with Gasteiger partial charge in [0.15, 0.2) is 0 Å². The van der Waals surface area contributed by atoms with Crippen LogP contribution in [0.4, 0.5) is 0 Å². The Labute approximate surface area is 114 Å². The lowest BCUT2D eigenvalue weighted by atomic mass is 10.1. The predicted molar refractivity (Wildman–Crippen MR) is 75.4 cm³/mol. The van der Waals surface area contributed by atoms with Gasteiger partial charge in [0.05, 0.1) is 28.6 Å². The van der Waals surface area contributed by atoms with Gasteiger partial charge in [-0.05, 0) is 23.8 Å². The highest BCUT2D eigenvalue weighted by Crippen LogP contribution is 2.30. The van der Waals surface area contributed by atoms with Crippen molar-refractivity contribution in [1.82, 2.24) is 9.55 Å². The molecule has 4 nitrogen and oxygen atoms in total. The summed E-state index contributed by atoms with van der Waals surface area (Å²) in [6.07, 6.45) is 3.74. The molecule has 0 saturated heterocycles. The minimum absolute atomic E-state index is 0.321. The number of thiazole rings is 1. The van der Waals surface area contributed by atoms with Gasteiger partial charge in [-0.1, -0.05) is 0 Å². The highest BCUT2D eigenvalue weighted by molar-refractivity contribution is 7.13. The van der Waals surface area contributed by atoms with Gasteiger partial charge < -0.3 is 9.30 Å². The van der Waals surface area contributed by atoms with Gasteiger partial charge in [0, 0.05) is 24.8 Å². The zero-order chi connectivity index (χ0) is 13.4. The molecule has 3 rings (SSSR count). The molecule has 0 aliphatic rings. The molecule has 2 aromatic heterocycles. The highest BCUT2D eigenvalue weighted by Gasteiger charge is 2.15. The first-order valence-electron chi connectivity index (χ1n) is 5.77. The minimum atomic E-state index is -0.321. The van der Waals surface area contributed by atoms with Crippen LogP contribution in [0.2, 0.25) is 0 Å². The van der Waals surface area contributed by atoms with Crippen LogP contribution in [0.25, 0.3) is 21.3 Å². The van der Waals surface area contributed by atoms with E-state index in [0.29, 0.717) is 5.56 Å². The smallest absolute Gasteiger partial charge is 0.340 e. The van der Waals surface area contributed by atoms with Crippen molar-refractivity contribution in [2.75, 3.05) is 7.11 Å². The first-order valence-corrected chi connectivity index (χ1v) is 6.65. The third-order valence-electron chi connectivity index (χ3n) is 3.09. The van der Waals surface area contributed by atoms with Crippen molar-refractivity contribution < 1.29 is 9.53 Å². The fourth-order valence-electron chi connectivity index (χ4n) is 2.21. The molecule has 2 heterocycles. The number of aryl methyl sites for hydroxylation is 1. The van der Waals surface area contributed by atoms with Crippen LogP contribution in [0.15, 0.2) is 36.1 Å². The summed E-state index contributed by atoms with van der Waals surface area (Å²) >= 11 is 1.55. The van der Waals surface area contributed by atoms with E-state index in [1.807, 2.05) is 29.9 Å². The molecule has 3 aromatic rings. The second-order valence-corrected chi connectivity index (χ2v) is 5.13. The summed E-state index contributed by atoms with van der Waals surface area (Å²) < 4.78 is 6.81. The Morgan fingerprint density at radius 3 is 2.95 bits per heavy atom. The lowest BCUT2D eigenvalue weighted by Gasteiger charge is -2.07. The average Bonchev–Trinajstić information content (AvgIpc) is 3.07. The standard InChI is InChI=1S/C14H12N2O2S/c1-16-4-3-9-5-10(12-7-15-8-19-12)6-11(13(9)16)14(17)18-2/h3-8H,1-2H3. The maximum Gasteiger partial charge on any atom is 0.340 e. The molecule has 96 valence electrons. The Hall–Kier alpha value is -2.14. The van der Waals surface area contributed by atoms with Gasteiger partial charge in [-0.15, -0.1) is 11.3 Å². The molecular weight excluding hydrogens is 260 g/mol. The van der Waals surface area contributed by atoms with Gasteiger partial charge >= 0.3 is 5.97 Å². The number of rotatable bonds is 2. The van der Waals surface area contributed by atoms with Gasteiger partial charge in [-0.3, -0.25) is 4.98 Å². The van der Waals surface area contributed by atoms with Gasteiger partial charge in [0.1, 0.15) is 0 Å². The van der Waals surface area contributed by atoms with E-state index in [1.165, 1.54) is 7.11 Å². The highest BCUT2D eigenvalue weighted by atomic mass is 32.1. The maximum absolute atomic E-state index is 12.0. The number of esters is 1. The summed E-state index contributed by atoms with van der Waals surface area (Å²) in [4.78, 5) is 17.1. The van der Waals surface area contributed by atoms with Crippen molar-refractivity contribution >= 4 is 28.2 Å². The molecule has 0 amide bonds. The second kappa shape index (κ2) is 4.51. The number of ether oxygens (including phenoxy) is 1. The predicted octanol–water partition coefficient (Wildman–Crippen LogP) is 3.09. The lowest BCUT2D eigenvalue weighted by molar-refractivity contribution is 0.0602. The third kappa shape index (κ3) is 1.92. The fraction of sp³-hybridized carbons (Fsp3) is 0.143. The number of nitrogens with zero attached hydrogens (tertiary/aromatic N) is 2. The van der Waals surface area contributed by atoms with Crippen LogP contribution >= 0.6 is 11.3 Å². The molecule has 0 N–H and O–H groups in total. The fourth-order valence-corrected chi connectivity index (χ4v) is 2.82. The van der Waals surface area contributed by atoms with E-state index in [9.17, 15) is 4.79 Å². The van der Waals surface area contributed by atoms with Crippen molar-refractivity contribution in [3.8, 4) is 10.4 Å². The van der Waals surface area contributed by atoms with Crippen molar-refractivity contribution in [3.05, 3.63) is 41.7 Å². The molecule has 0 unspecified atom stereocenters. The normalized spacial score (nSPS) is 10.8. The molecule has 0 fully saturated rings. The Morgan fingerprint density at radius 1 is 1.42 bits per heavy atom. The summed E-state index contributed by atoms with van der Waals surface area (Å²) in [5.41, 5.74) is 4.24. The first kappa shape index (κ1) is 11.9. The van der Waals surface area contributed by atoms with Crippen LogP contribution in [-0.2, 0) is 11.8 Å². The number of aromatic nitrogens is 2. The van der Waals surface area contributed by atoms with E-state index < -0.39 is 0 Å². The first-order chi connectivity index (χ1) is 9.20. The minimum Gasteiger partial charge on any atom is -0.465 e. The molecule has 0 bridgehead atoms. The van der Waals surface area contributed by atoms with Gasteiger partial charge in [-0.25, -0.2) is 4.79 Å². The summed E-state index contributed by atoms with van der Waals surface area (Å²) in [5.74, 6) is -0.321. The van der Waals surface area contributed by atoms with E-state index >= 15 is 0 Å². The number of benzene rings is 1. The van der Waals surface area contributed by atoms with Crippen molar-refractivity contribution in [1.29, 1.82) is 0 Å². The van der Waals surface area contributed by atoms with Crippen LogP contribution in [0, 0.1) is 0 Å². The molecule has 0 radical (unpaired) electrons. The van der Waals surface area contributed by atoms with Crippen LogP contribution in [0.1, 0.15) is 10.4 Å². The molecule has 5 heteroatoms. The van der Waals surface area contributed by atoms with Crippen LogP contribution < -0.4 is 0 Å². The van der Waals surface area contributed by atoms with Crippen molar-refractivity contribution in [2.45, 2.75) is 0 Å². The lowest BCUT2D eigenvalue weighted by Crippen LogP contribution is -2.04. The number of hydrogen-bond donors (Lipinski definition) is 0. The number of fused-ring (bicyclic) bond motifs is 1. The second-order valence-electron chi connectivity index (χ2n) is 4.25. The molecule has 1 aromatic carbocycles. The molecular formula is C14H12N2O2S. The number of carbonyl (C=O) groups is 1. The van der Waals surface area contributed by atoms with Crippen molar-refractivity contribution in [2.24, 2.45) is 7.05 Å². The summed E-state index contributed by atoms with van der Waals surface area (Å²) in [5, 5.41) is 1.02. The van der Waals surface area contributed by atoms with E-state index in [2.05, 4.69) is 11.1 Å². The molecule has 0 aliphatic carbocycles. The largest absolute Gasteiger partial charge is 0.465 e. The Bertz CT molecular complexity index is 744. The number of methoxy groups -OCH3 is 1. The van der Waals surface area contributed by atoms with Crippen LogP contribution in [0.3, 0.4) is 0 Å². The van der Waals surface area contributed by atoms with Crippen molar-refractivity contribution in [3.63, 3.8) is 0 Å². The Kier molecular flexibility index (Phi) is 2.83. The zero-order valence-corrected chi connectivity index (χ0v) is 11.4. The van der Waals surface area contributed by atoms with E-state index in [0.717, 1.165) is 21.3 Å². The maximum atomic E-state index is 12.0. The van der Waals surface area contributed by atoms with E-state index in [-0.39, 0.29) is 5.97 Å². The topological polar surface area (TPSA) is 44.1 Å². The third-order valence-corrected chi connectivity index (χ3v) is 3.91. The number of hydrogen-bond acceptors (Lipinski definition) is 4. The Balaban J connectivity index is 2.31. The van der Waals surface area contributed by atoms with Gasteiger partial charge in [0.25, 0.3) is 0 Å². The molecule has 0 aliphatic heterocycles. The molecule has 0 spiro atoms. The van der Waals surface area contributed by atoms with E-state index in [4.69, 9.17) is 4.74 Å². The molecule has 19 heavy (non-hydrogen) atoms. The van der Waals surface area contributed by atoms with Crippen LogP contribution in [-0.4, -0.2) is 22.6 Å². The number of carbonyl (C=O) groups excluding carboxylic acids is 1. The van der Waals surface area contributed by atoms with Gasteiger partial charge in [0.2, 0.25) is 0 Å². The molecule has 0 saturated carbocycles. The van der Waals surface area contributed by atoms with Gasteiger partial charge in [-0.2, -0.15) is 0 Å². The molecule has 0 atom stereocenters. The summed E-state index contributed by atoms with van der Waals surface area (Å²) in [6, 6.07) is 5.92. The van der Waals surface area contributed by atoms with E-state index in [1.54, 1.807) is 23.0 Å². The zero-order valence-electron chi connectivity index (χ0n) is 10.6. The quantitative estimate of drug-likeness (QED) is 0.673. The average molecular weight is 272 g/mol.